The lowest BCUT2D eigenvalue weighted by Crippen LogP contribution is -2.13. The minimum absolute atomic E-state index is 0.142. The maximum Gasteiger partial charge on any atom is 0.228 e. The fourth-order valence-electron chi connectivity index (χ4n) is 1.07. The Kier molecular flexibility index (Phi) is 1.60. The summed E-state index contributed by atoms with van der Waals surface area (Å²) in [5.41, 5.74) is 0.726. The predicted octanol–water partition coefficient (Wildman–Crippen LogP) is 0.368. The molecule has 1 saturated heterocycles. The van der Waals surface area contributed by atoms with Gasteiger partial charge >= 0.3 is 0 Å². The van der Waals surface area contributed by atoms with Crippen molar-refractivity contribution in [1.82, 2.24) is 10.1 Å². The van der Waals surface area contributed by atoms with Crippen LogP contribution in [0.3, 0.4) is 0 Å². The first-order valence-corrected chi connectivity index (χ1v) is 3.95. The van der Waals surface area contributed by atoms with Crippen LogP contribution in [0, 0.1) is 6.92 Å². The average Bonchev–Trinajstić information content (AvgIpc) is 2.78. The van der Waals surface area contributed by atoms with Gasteiger partial charge in [0.05, 0.1) is 12.1 Å². The lowest BCUT2D eigenvalue weighted by atomic mass is 10.3. The first kappa shape index (κ1) is 7.34. The molecule has 64 valence electrons. The molecule has 0 radical (unpaired) electrons. The van der Waals surface area contributed by atoms with Crippen molar-refractivity contribution in [2.45, 2.75) is 13.3 Å². The van der Waals surface area contributed by atoms with Crippen LogP contribution >= 0.6 is 0 Å². The van der Waals surface area contributed by atoms with E-state index >= 15 is 0 Å². The van der Waals surface area contributed by atoms with Crippen LogP contribution in [0.1, 0.15) is 11.5 Å². The summed E-state index contributed by atoms with van der Waals surface area (Å²) >= 11 is 0. The molecule has 0 bridgehead atoms. The van der Waals surface area contributed by atoms with Gasteiger partial charge < -0.3 is 9.42 Å². The molecule has 2 rings (SSSR count). The van der Waals surface area contributed by atoms with E-state index in [9.17, 15) is 4.79 Å². The van der Waals surface area contributed by atoms with Crippen LogP contribution in [0.5, 0.6) is 0 Å². The van der Waals surface area contributed by atoms with Crippen LogP contribution in [0.4, 0.5) is 0 Å². The van der Waals surface area contributed by atoms with Crippen molar-refractivity contribution in [3.05, 3.63) is 17.5 Å². The van der Waals surface area contributed by atoms with Crippen LogP contribution in [0.15, 0.2) is 10.6 Å². The second-order valence-corrected chi connectivity index (χ2v) is 2.99. The smallest absolute Gasteiger partial charge is 0.228 e. The van der Waals surface area contributed by atoms with Gasteiger partial charge in [-0.1, -0.05) is 5.16 Å². The van der Waals surface area contributed by atoms with Crippen molar-refractivity contribution < 1.29 is 9.32 Å². The standard InChI is InChI=1S/C8H10N2O2/c1-6-4-7(9-12-6)5-8(11)10-2-3-10/h4H,2-3,5H2,1H3. The van der Waals surface area contributed by atoms with Crippen LogP contribution in [0.2, 0.25) is 0 Å². The molecule has 1 aliphatic heterocycles. The average molecular weight is 166 g/mol. The van der Waals surface area contributed by atoms with Gasteiger partial charge in [-0.05, 0) is 6.92 Å². The molecule has 0 spiro atoms. The fraction of sp³-hybridized carbons (Fsp3) is 0.500. The molecule has 1 amide bonds. The first-order valence-electron chi connectivity index (χ1n) is 3.95. The SMILES string of the molecule is Cc1cc(CC(=O)N2CC2)no1. The van der Waals surface area contributed by atoms with Crippen molar-refractivity contribution >= 4 is 5.91 Å². The summed E-state index contributed by atoms with van der Waals surface area (Å²) in [6.07, 6.45) is 0.372. The third kappa shape index (κ3) is 1.47. The van der Waals surface area contributed by atoms with E-state index < -0.39 is 0 Å². The molecule has 0 aliphatic carbocycles. The van der Waals surface area contributed by atoms with Crippen molar-refractivity contribution in [2.75, 3.05) is 13.1 Å². The summed E-state index contributed by atoms with van der Waals surface area (Å²) in [4.78, 5) is 13.0. The van der Waals surface area contributed by atoms with Gasteiger partial charge in [0.15, 0.2) is 0 Å². The van der Waals surface area contributed by atoms with Crippen molar-refractivity contribution in [1.29, 1.82) is 0 Å². The second kappa shape index (κ2) is 2.62. The summed E-state index contributed by atoms with van der Waals surface area (Å²) in [5.74, 6) is 0.895. The first-order chi connectivity index (χ1) is 5.75. The van der Waals surface area contributed by atoms with E-state index in [0.29, 0.717) is 6.42 Å². The third-order valence-corrected chi connectivity index (χ3v) is 1.81. The Morgan fingerprint density at radius 2 is 2.50 bits per heavy atom. The zero-order valence-electron chi connectivity index (χ0n) is 6.91. The lowest BCUT2D eigenvalue weighted by Gasteiger charge is -1.95. The molecule has 2 heterocycles. The summed E-state index contributed by atoms with van der Waals surface area (Å²) in [6.45, 7) is 3.61. The van der Waals surface area contributed by atoms with E-state index in [1.807, 2.05) is 6.92 Å². The van der Waals surface area contributed by atoms with E-state index in [4.69, 9.17) is 4.52 Å². The highest BCUT2D eigenvalue weighted by molar-refractivity contribution is 5.80. The topological polar surface area (TPSA) is 46.1 Å². The van der Waals surface area contributed by atoms with Crippen LogP contribution in [-0.4, -0.2) is 29.1 Å². The molecule has 1 aromatic heterocycles. The molecule has 0 aromatic carbocycles. The van der Waals surface area contributed by atoms with Gasteiger partial charge in [0, 0.05) is 19.2 Å². The lowest BCUT2D eigenvalue weighted by molar-refractivity contribution is -0.125. The Hall–Kier alpha value is -1.32. The van der Waals surface area contributed by atoms with E-state index in [1.54, 1.807) is 11.0 Å². The highest BCUT2D eigenvalue weighted by Crippen LogP contribution is 2.09. The van der Waals surface area contributed by atoms with Crippen LogP contribution in [-0.2, 0) is 11.2 Å². The Labute approximate surface area is 70.1 Å². The third-order valence-electron chi connectivity index (χ3n) is 1.81. The van der Waals surface area contributed by atoms with Gasteiger partial charge in [-0.2, -0.15) is 0 Å². The molecule has 1 aromatic rings. The number of aryl methyl sites for hydroxylation is 1. The number of carbonyl (C=O) groups is 1. The van der Waals surface area contributed by atoms with Gasteiger partial charge in [0.2, 0.25) is 5.91 Å². The molecule has 1 fully saturated rings. The fourth-order valence-corrected chi connectivity index (χ4v) is 1.07. The predicted molar refractivity (Wildman–Crippen MR) is 41.5 cm³/mol. The molecule has 0 unspecified atom stereocenters. The monoisotopic (exact) mass is 166 g/mol. The molecule has 4 heteroatoms. The van der Waals surface area contributed by atoms with Gasteiger partial charge in [-0.3, -0.25) is 4.79 Å². The minimum Gasteiger partial charge on any atom is -0.361 e. The number of rotatable bonds is 2. The van der Waals surface area contributed by atoms with Crippen molar-refractivity contribution in [2.24, 2.45) is 0 Å². The summed E-state index contributed by atoms with van der Waals surface area (Å²) < 4.78 is 4.84. The maximum absolute atomic E-state index is 11.2. The second-order valence-electron chi connectivity index (χ2n) is 2.99. The Balaban J connectivity index is 1.98. The highest BCUT2D eigenvalue weighted by Gasteiger charge is 2.24. The highest BCUT2D eigenvalue weighted by atomic mass is 16.5. The quantitative estimate of drug-likeness (QED) is 0.596. The minimum atomic E-state index is 0.142. The zero-order chi connectivity index (χ0) is 8.55. The molecule has 1 aliphatic rings. The van der Waals surface area contributed by atoms with Crippen molar-refractivity contribution in [3.63, 3.8) is 0 Å². The van der Waals surface area contributed by atoms with Gasteiger partial charge in [-0.15, -0.1) is 0 Å². The molecular weight excluding hydrogens is 156 g/mol. The normalized spacial score (nSPS) is 14.9. The number of amides is 1. The van der Waals surface area contributed by atoms with Gasteiger partial charge in [0.25, 0.3) is 0 Å². The Bertz CT molecular complexity index is 302. The molecule has 12 heavy (non-hydrogen) atoms. The Morgan fingerprint density at radius 1 is 1.75 bits per heavy atom. The van der Waals surface area contributed by atoms with E-state index in [1.165, 1.54) is 0 Å². The number of nitrogens with zero attached hydrogens (tertiary/aromatic N) is 2. The Morgan fingerprint density at radius 3 is 3.00 bits per heavy atom. The molecule has 0 N–H and O–H groups in total. The number of hydrogen-bond acceptors (Lipinski definition) is 3. The zero-order valence-corrected chi connectivity index (χ0v) is 6.91. The van der Waals surface area contributed by atoms with Crippen LogP contribution < -0.4 is 0 Å². The summed E-state index contributed by atoms with van der Waals surface area (Å²) in [5, 5.41) is 3.74. The van der Waals surface area contributed by atoms with Gasteiger partial charge in [-0.25, -0.2) is 0 Å². The van der Waals surface area contributed by atoms with E-state index in [-0.39, 0.29) is 5.91 Å². The van der Waals surface area contributed by atoms with E-state index in [2.05, 4.69) is 5.16 Å². The summed E-state index contributed by atoms with van der Waals surface area (Å²) in [6, 6.07) is 1.79. The molecule has 4 nitrogen and oxygen atoms in total. The number of hydrogen-bond donors (Lipinski definition) is 0. The maximum atomic E-state index is 11.2. The van der Waals surface area contributed by atoms with Gasteiger partial charge in [0.1, 0.15) is 5.76 Å². The van der Waals surface area contributed by atoms with Crippen LogP contribution in [0.25, 0.3) is 0 Å². The largest absolute Gasteiger partial charge is 0.361 e. The number of carbonyl (C=O) groups excluding carboxylic acids is 1. The molecular formula is C8H10N2O2. The van der Waals surface area contributed by atoms with Crippen molar-refractivity contribution in [3.8, 4) is 0 Å². The number of aromatic nitrogens is 1. The van der Waals surface area contributed by atoms with E-state index in [0.717, 1.165) is 24.5 Å². The molecule has 0 atom stereocenters. The molecule has 0 saturated carbocycles. The summed E-state index contributed by atoms with van der Waals surface area (Å²) in [7, 11) is 0.